The van der Waals surface area contributed by atoms with Gasteiger partial charge in [0.15, 0.2) is 0 Å². The molecule has 0 bridgehead atoms. The topological polar surface area (TPSA) is 9.23 Å². The van der Waals surface area contributed by atoms with E-state index < -0.39 is 0 Å². The third-order valence-corrected chi connectivity index (χ3v) is 7.23. The molecule has 2 saturated carbocycles. The van der Waals surface area contributed by atoms with Gasteiger partial charge in [-0.1, -0.05) is 30.7 Å². The Bertz CT molecular complexity index is 590. The van der Waals surface area contributed by atoms with E-state index in [9.17, 15) is 0 Å². The summed E-state index contributed by atoms with van der Waals surface area (Å²) in [6.07, 6.45) is 8.93. The van der Waals surface area contributed by atoms with E-state index in [1.54, 1.807) is 11.1 Å². The van der Waals surface area contributed by atoms with E-state index in [1.807, 2.05) is 0 Å². The molecule has 23 heavy (non-hydrogen) atoms. The summed E-state index contributed by atoms with van der Waals surface area (Å²) in [7, 11) is 0. The Morgan fingerprint density at radius 1 is 1.13 bits per heavy atom. The predicted molar refractivity (Wildman–Crippen MR) is 95.8 cm³/mol. The summed E-state index contributed by atoms with van der Waals surface area (Å²) in [6.45, 7) is 9.16. The normalized spacial score (nSPS) is 39.0. The highest BCUT2D eigenvalue weighted by atomic mass is 16.5. The molecule has 5 atom stereocenters. The quantitative estimate of drug-likeness (QED) is 0.686. The highest BCUT2D eigenvalue weighted by Gasteiger charge is 2.55. The smallest absolute Gasteiger partial charge is 0.0635 e. The van der Waals surface area contributed by atoms with Gasteiger partial charge in [0.05, 0.1) is 12.2 Å². The monoisotopic (exact) mass is 312 g/mol. The maximum absolute atomic E-state index is 6.35. The van der Waals surface area contributed by atoms with Crippen LogP contribution in [0.25, 0.3) is 0 Å². The van der Waals surface area contributed by atoms with Gasteiger partial charge in [-0.15, -0.1) is 0 Å². The summed E-state index contributed by atoms with van der Waals surface area (Å²) in [6, 6.07) is 7.22. The Kier molecular flexibility index (Phi) is 3.83. The summed E-state index contributed by atoms with van der Waals surface area (Å²) in [5, 5.41) is 0. The Labute approximate surface area is 141 Å². The van der Waals surface area contributed by atoms with Gasteiger partial charge in [0, 0.05) is 0 Å². The van der Waals surface area contributed by atoms with Crippen LogP contribution in [0.4, 0.5) is 0 Å². The third kappa shape index (κ3) is 2.47. The molecule has 0 amide bonds. The van der Waals surface area contributed by atoms with E-state index in [4.69, 9.17) is 4.74 Å². The molecule has 3 aliphatic rings. The molecule has 0 spiro atoms. The highest BCUT2D eigenvalue weighted by molar-refractivity contribution is 5.37. The first-order valence-electron chi connectivity index (χ1n) is 9.74. The van der Waals surface area contributed by atoms with Crippen molar-refractivity contribution in [2.75, 3.05) is 0 Å². The first-order valence-corrected chi connectivity index (χ1v) is 9.74. The largest absolute Gasteiger partial charge is 0.375 e. The van der Waals surface area contributed by atoms with Gasteiger partial charge >= 0.3 is 0 Å². The molecule has 2 unspecified atom stereocenters. The number of hydrogen-bond acceptors (Lipinski definition) is 1. The molecular weight excluding hydrogens is 280 g/mol. The molecule has 1 heteroatoms. The van der Waals surface area contributed by atoms with Crippen molar-refractivity contribution in [2.24, 2.45) is 17.3 Å². The lowest BCUT2D eigenvalue weighted by Crippen LogP contribution is -2.45. The van der Waals surface area contributed by atoms with Crippen LogP contribution in [0.2, 0.25) is 0 Å². The van der Waals surface area contributed by atoms with Crippen molar-refractivity contribution in [1.82, 2.24) is 0 Å². The lowest BCUT2D eigenvalue weighted by molar-refractivity contribution is -0.0860. The minimum atomic E-state index is 0.364. The predicted octanol–water partition coefficient (Wildman–Crippen LogP) is 5.64. The van der Waals surface area contributed by atoms with Gasteiger partial charge in [0.1, 0.15) is 0 Å². The van der Waals surface area contributed by atoms with Crippen molar-refractivity contribution in [3.8, 4) is 0 Å². The second-order valence-electron chi connectivity index (χ2n) is 8.91. The van der Waals surface area contributed by atoms with Crippen LogP contribution in [-0.4, -0.2) is 12.2 Å². The Hall–Kier alpha value is -0.820. The lowest BCUT2D eigenvalue weighted by Gasteiger charge is -2.51. The maximum Gasteiger partial charge on any atom is 0.0635 e. The van der Waals surface area contributed by atoms with Crippen LogP contribution in [0, 0.1) is 24.2 Å². The molecule has 4 rings (SSSR count). The zero-order valence-corrected chi connectivity index (χ0v) is 15.3. The molecule has 1 nitrogen and oxygen atoms in total. The van der Waals surface area contributed by atoms with Crippen LogP contribution in [0.3, 0.4) is 0 Å². The van der Waals surface area contributed by atoms with E-state index >= 15 is 0 Å². The van der Waals surface area contributed by atoms with Gasteiger partial charge in [-0.25, -0.2) is 0 Å². The second-order valence-corrected chi connectivity index (χ2v) is 8.91. The Morgan fingerprint density at radius 3 is 2.74 bits per heavy atom. The fourth-order valence-electron chi connectivity index (χ4n) is 6.22. The van der Waals surface area contributed by atoms with E-state index in [-0.39, 0.29) is 0 Å². The molecule has 0 N–H and O–H groups in total. The van der Waals surface area contributed by atoms with Gasteiger partial charge in [-0.3, -0.25) is 0 Å². The standard InChI is InChI=1S/C22H32O/c1-14(2)23-21-10-9-20-19-8-6-16-13-15(3)5-7-17(16)18(19)11-12-22(20,21)4/h5,7,13-14,18-21H,6,8-12H2,1-4H3/t18?,19-,20?,21+,22+/m1/s1. The van der Waals surface area contributed by atoms with Crippen LogP contribution < -0.4 is 0 Å². The average Bonchev–Trinajstić information content (AvgIpc) is 2.83. The zero-order valence-electron chi connectivity index (χ0n) is 15.3. The minimum Gasteiger partial charge on any atom is -0.375 e. The number of hydrogen-bond donors (Lipinski definition) is 0. The SMILES string of the molecule is Cc1ccc2c(c1)CC[C@@H]1C2CC[C@@]2(C)C1CC[C@@H]2OC(C)C. The number of rotatable bonds is 2. The average molecular weight is 312 g/mol. The molecular formula is C22H32O. The Balaban J connectivity index is 1.62. The van der Waals surface area contributed by atoms with Crippen LogP contribution in [-0.2, 0) is 11.2 Å². The van der Waals surface area contributed by atoms with Gasteiger partial charge in [0.2, 0.25) is 0 Å². The van der Waals surface area contributed by atoms with Crippen LogP contribution in [0.5, 0.6) is 0 Å². The van der Waals surface area contributed by atoms with Gasteiger partial charge in [-0.05, 0) is 93.6 Å². The number of ether oxygens (including phenoxy) is 1. The fourth-order valence-corrected chi connectivity index (χ4v) is 6.22. The van der Waals surface area contributed by atoms with Crippen molar-refractivity contribution < 1.29 is 4.74 Å². The van der Waals surface area contributed by atoms with Crippen molar-refractivity contribution in [3.05, 3.63) is 34.9 Å². The first kappa shape index (κ1) is 15.7. The van der Waals surface area contributed by atoms with Crippen LogP contribution >= 0.6 is 0 Å². The molecule has 0 radical (unpaired) electrons. The molecule has 0 aliphatic heterocycles. The molecule has 126 valence electrons. The van der Waals surface area contributed by atoms with Crippen LogP contribution in [0.1, 0.15) is 75.5 Å². The fraction of sp³-hybridized carbons (Fsp3) is 0.727. The lowest BCUT2D eigenvalue weighted by atomic mass is 9.55. The highest BCUT2D eigenvalue weighted by Crippen LogP contribution is 2.61. The van der Waals surface area contributed by atoms with Crippen LogP contribution in [0.15, 0.2) is 18.2 Å². The van der Waals surface area contributed by atoms with Crippen molar-refractivity contribution in [3.63, 3.8) is 0 Å². The van der Waals surface area contributed by atoms with E-state index in [0.29, 0.717) is 17.6 Å². The molecule has 0 heterocycles. The van der Waals surface area contributed by atoms with Gasteiger partial charge < -0.3 is 4.74 Å². The number of benzene rings is 1. The summed E-state index contributed by atoms with van der Waals surface area (Å²) in [5.74, 6) is 2.58. The second kappa shape index (κ2) is 5.62. The molecule has 1 aromatic rings. The van der Waals surface area contributed by atoms with E-state index in [2.05, 4.69) is 45.9 Å². The van der Waals surface area contributed by atoms with Crippen molar-refractivity contribution in [1.29, 1.82) is 0 Å². The molecule has 1 aromatic carbocycles. The van der Waals surface area contributed by atoms with E-state index in [0.717, 1.165) is 17.8 Å². The number of fused-ring (bicyclic) bond motifs is 5. The summed E-state index contributed by atoms with van der Waals surface area (Å²) in [4.78, 5) is 0. The zero-order chi connectivity index (χ0) is 16.2. The van der Waals surface area contributed by atoms with Gasteiger partial charge in [-0.2, -0.15) is 0 Å². The maximum atomic E-state index is 6.35. The molecule has 0 aromatic heterocycles. The van der Waals surface area contributed by atoms with Gasteiger partial charge in [0.25, 0.3) is 0 Å². The summed E-state index contributed by atoms with van der Waals surface area (Å²) in [5.41, 5.74) is 5.17. The first-order chi connectivity index (χ1) is 11.0. The number of aryl methyl sites for hydroxylation is 2. The van der Waals surface area contributed by atoms with E-state index in [1.165, 1.54) is 44.1 Å². The summed E-state index contributed by atoms with van der Waals surface area (Å²) < 4.78 is 6.35. The van der Waals surface area contributed by atoms with Crippen molar-refractivity contribution >= 4 is 0 Å². The Morgan fingerprint density at radius 2 is 1.96 bits per heavy atom. The van der Waals surface area contributed by atoms with Crippen molar-refractivity contribution in [2.45, 2.75) is 84.3 Å². The molecule has 3 aliphatic carbocycles. The minimum absolute atomic E-state index is 0.364. The third-order valence-electron chi connectivity index (χ3n) is 7.23. The molecule has 0 saturated heterocycles. The molecule has 2 fully saturated rings. The summed E-state index contributed by atoms with van der Waals surface area (Å²) >= 11 is 0.